The molecule has 0 saturated carbocycles. The van der Waals surface area contributed by atoms with Crippen LogP contribution in [-0.4, -0.2) is 22.9 Å². The van der Waals surface area contributed by atoms with Crippen molar-refractivity contribution >= 4 is 11.9 Å². The van der Waals surface area contributed by atoms with Gasteiger partial charge in [0.25, 0.3) is 0 Å². The van der Waals surface area contributed by atoms with E-state index in [-0.39, 0.29) is 0 Å². The van der Waals surface area contributed by atoms with Gasteiger partial charge in [0.15, 0.2) is 0 Å². The normalized spacial score (nSPS) is 11.0. The van der Waals surface area contributed by atoms with Gasteiger partial charge in [-0.2, -0.15) is 0 Å². The van der Waals surface area contributed by atoms with Crippen LogP contribution in [0.5, 0.6) is 5.75 Å². The lowest BCUT2D eigenvalue weighted by molar-refractivity contribution is 0.416. The molecule has 0 aliphatic rings. The van der Waals surface area contributed by atoms with E-state index in [4.69, 9.17) is 4.74 Å². The number of aliphatic imine (C=N–C) groups is 1. The molecule has 0 unspecified atom stereocenters. The number of benzene rings is 1. The fourth-order valence-corrected chi connectivity index (χ4v) is 1.61. The van der Waals surface area contributed by atoms with Gasteiger partial charge in [0.05, 0.1) is 31.0 Å². The summed E-state index contributed by atoms with van der Waals surface area (Å²) in [6.07, 6.45) is 3.58. The van der Waals surface area contributed by atoms with E-state index in [1.54, 1.807) is 19.7 Å². The zero-order chi connectivity index (χ0) is 12.3. The van der Waals surface area contributed by atoms with Crippen molar-refractivity contribution in [1.82, 2.24) is 9.55 Å². The Labute approximate surface area is 101 Å². The molecular weight excluding hydrogens is 214 g/mol. The van der Waals surface area contributed by atoms with Gasteiger partial charge in [0, 0.05) is 7.05 Å². The second kappa shape index (κ2) is 4.82. The minimum absolute atomic E-state index is 0.767. The van der Waals surface area contributed by atoms with Gasteiger partial charge in [-0.15, -0.1) is 0 Å². The van der Waals surface area contributed by atoms with Crippen molar-refractivity contribution in [2.45, 2.75) is 6.92 Å². The molecule has 0 amide bonds. The molecule has 4 nitrogen and oxygen atoms in total. The average molecular weight is 229 g/mol. The third kappa shape index (κ3) is 2.36. The van der Waals surface area contributed by atoms with Crippen LogP contribution in [0.25, 0.3) is 0 Å². The predicted octanol–water partition coefficient (Wildman–Crippen LogP) is 2.49. The van der Waals surface area contributed by atoms with Gasteiger partial charge in [0.1, 0.15) is 11.4 Å². The van der Waals surface area contributed by atoms with Crippen molar-refractivity contribution in [2.75, 3.05) is 7.11 Å². The molecule has 0 N–H and O–H groups in total. The lowest BCUT2D eigenvalue weighted by Crippen LogP contribution is -1.94. The molecule has 0 bridgehead atoms. The van der Waals surface area contributed by atoms with E-state index in [1.165, 1.54) is 0 Å². The van der Waals surface area contributed by atoms with Gasteiger partial charge in [-0.1, -0.05) is 12.1 Å². The first-order valence-corrected chi connectivity index (χ1v) is 5.37. The second-order valence-electron chi connectivity index (χ2n) is 3.76. The van der Waals surface area contributed by atoms with Crippen LogP contribution in [0.2, 0.25) is 0 Å². The Morgan fingerprint density at radius 1 is 1.35 bits per heavy atom. The van der Waals surface area contributed by atoms with E-state index in [2.05, 4.69) is 9.98 Å². The molecule has 2 aromatic rings. The first kappa shape index (κ1) is 11.4. The van der Waals surface area contributed by atoms with E-state index in [9.17, 15) is 0 Å². The quantitative estimate of drug-likeness (QED) is 0.758. The van der Waals surface area contributed by atoms with Crippen molar-refractivity contribution in [2.24, 2.45) is 12.0 Å². The third-order valence-corrected chi connectivity index (χ3v) is 2.59. The lowest BCUT2D eigenvalue weighted by atomic mass is 10.3. The van der Waals surface area contributed by atoms with Crippen LogP contribution in [0.1, 0.15) is 11.4 Å². The number of para-hydroxylation sites is 2. The van der Waals surface area contributed by atoms with Crippen LogP contribution in [0.15, 0.2) is 35.6 Å². The van der Waals surface area contributed by atoms with Gasteiger partial charge in [-0.25, -0.2) is 4.98 Å². The van der Waals surface area contributed by atoms with E-state index in [0.29, 0.717) is 0 Å². The summed E-state index contributed by atoms with van der Waals surface area (Å²) in [5, 5.41) is 0. The lowest BCUT2D eigenvalue weighted by Gasteiger charge is -2.03. The molecule has 0 saturated heterocycles. The minimum atomic E-state index is 0.767. The molecule has 0 atom stereocenters. The van der Waals surface area contributed by atoms with Gasteiger partial charge in [0.2, 0.25) is 0 Å². The number of hydrogen-bond acceptors (Lipinski definition) is 3. The highest BCUT2D eigenvalue weighted by atomic mass is 16.5. The monoisotopic (exact) mass is 229 g/mol. The van der Waals surface area contributed by atoms with Crippen molar-refractivity contribution in [3.8, 4) is 5.75 Å². The highest BCUT2D eigenvalue weighted by Gasteiger charge is 2.02. The standard InChI is InChI=1S/C13H15N3O/c1-10-12(16(2)9-15-10)8-14-11-6-4-5-7-13(11)17-3/h4-9H,1-3H3/b14-8+. The Bertz CT molecular complexity index is 524. The number of nitrogens with zero attached hydrogens (tertiary/aromatic N) is 3. The van der Waals surface area contributed by atoms with Crippen LogP contribution in [0, 0.1) is 6.92 Å². The van der Waals surface area contributed by atoms with Crippen molar-refractivity contribution in [1.29, 1.82) is 0 Å². The zero-order valence-electron chi connectivity index (χ0n) is 10.2. The highest BCUT2D eigenvalue weighted by molar-refractivity contribution is 5.82. The van der Waals surface area contributed by atoms with Gasteiger partial charge in [-0.05, 0) is 19.1 Å². The Morgan fingerprint density at radius 2 is 2.12 bits per heavy atom. The molecule has 2 rings (SSSR count). The summed E-state index contributed by atoms with van der Waals surface area (Å²) < 4.78 is 7.18. The zero-order valence-corrected chi connectivity index (χ0v) is 10.2. The minimum Gasteiger partial charge on any atom is -0.494 e. The SMILES string of the molecule is COc1ccccc1/N=C/c1c(C)ncn1C. The molecule has 0 spiro atoms. The fourth-order valence-electron chi connectivity index (χ4n) is 1.61. The molecule has 0 aliphatic carbocycles. The maximum atomic E-state index is 5.24. The van der Waals surface area contributed by atoms with E-state index in [0.717, 1.165) is 22.8 Å². The summed E-state index contributed by atoms with van der Waals surface area (Å²) >= 11 is 0. The number of aromatic nitrogens is 2. The van der Waals surface area contributed by atoms with Crippen LogP contribution in [0.3, 0.4) is 0 Å². The Hall–Kier alpha value is -2.10. The largest absolute Gasteiger partial charge is 0.494 e. The Morgan fingerprint density at radius 3 is 2.76 bits per heavy atom. The van der Waals surface area contributed by atoms with Crippen LogP contribution < -0.4 is 4.74 Å². The molecule has 0 fully saturated rings. The van der Waals surface area contributed by atoms with Crippen LogP contribution >= 0.6 is 0 Å². The van der Waals surface area contributed by atoms with E-state index in [1.807, 2.05) is 42.8 Å². The van der Waals surface area contributed by atoms with Crippen LogP contribution in [0.4, 0.5) is 5.69 Å². The molecule has 0 radical (unpaired) electrons. The molecule has 1 aromatic carbocycles. The number of methoxy groups -OCH3 is 1. The summed E-state index contributed by atoms with van der Waals surface area (Å²) in [7, 11) is 3.59. The number of ether oxygens (including phenoxy) is 1. The summed E-state index contributed by atoms with van der Waals surface area (Å²) in [5.41, 5.74) is 2.78. The van der Waals surface area contributed by atoms with Gasteiger partial charge < -0.3 is 9.30 Å². The molecule has 4 heteroatoms. The number of hydrogen-bond donors (Lipinski definition) is 0. The Balaban J connectivity index is 2.32. The molecule has 1 heterocycles. The summed E-state index contributed by atoms with van der Waals surface area (Å²) in [5.74, 6) is 0.767. The molecule has 88 valence electrons. The maximum Gasteiger partial charge on any atom is 0.144 e. The number of aryl methyl sites for hydroxylation is 2. The van der Waals surface area contributed by atoms with Gasteiger partial charge in [-0.3, -0.25) is 4.99 Å². The van der Waals surface area contributed by atoms with Crippen molar-refractivity contribution in [3.05, 3.63) is 42.0 Å². The molecular formula is C13H15N3O. The first-order chi connectivity index (χ1) is 8.22. The Kier molecular flexibility index (Phi) is 3.23. The van der Waals surface area contributed by atoms with Crippen molar-refractivity contribution in [3.63, 3.8) is 0 Å². The topological polar surface area (TPSA) is 39.4 Å². The van der Waals surface area contributed by atoms with E-state index >= 15 is 0 Å². The fraction of sp³-hybridized carbons (Fsp3) is 0.231. The third-order valence-electron chi connectivity index (χ3n) is 2.59. The second-order valence-corrected chi connectivity index (χ2v) is 3.76. The summed E-state index contributed by atoms with van der Waals surface area (Å²) in [6, 6.07) is 7.67. The van der Waals surface area contributed by atoms with Crippen molar-refractivity contribution < 1.29 is 4.74 Å². The molecule has 0 aliphatic heterocycles. The molecule has 17 heavy (non-hydrogen) atoms. The number of imidazole rings is 1. The summed E-state index contributed by atoms with van der Waals surface area (Å²) in [6.45, 7) is 1.96. The maximum absolute atomic E-state index is 5.24. The van der Waals surface area contributed by atoms with E-state index < -0.39 is 0 Å². The number of rotatable bonds is 3. The summed E-state index contributed by atoms with van der Waals surface area (Å²) in [4.78, 5) is 8.64. The smallest absolute Gasteiger partial charge is 0.144 e. The van der Waals surface area contributed by atoms with Crippen LogP contribution in [-0.2, 0) is 7.05 Å². The highest BCUT2D eigenvalue weighted by Crippen LogP contribution is 2.26. The van der Waals surface area contributed by atoms with Gasteiger partial charge >= 0.3 is 0 Å². The average Bonchev–Trinajstić information content (AvgIpc) is 2.67. The predicted molar refractivity (Wildman–Crippen MR) is 68.2 cm³/mol. The molecule has 1 aromatic heterocycles. The first-order valence-electron chi connectivity index (χ1n) is 5.37.